The number of hydrogen-bond acceptors (Lipinski definition) is 4. The van der Waals surface area contributed by atoms with Crippen LogP contribution < -0.4 is 5.32 Å². The van der Waals surface area contributed by atoms with Gasteiger partial charge in [0.15, 0.2) is 5.78 Å². The molecule has 1 aromatic rings. The highest BCUT2D eigenvalue weighted by molar-refractivity contribution is 5.99. The van der Waals surface area contributed by atoms with Gasteiger partial charge in [0.1, 0.15) is 0 Å². The Bertz CT molecular complexity index is 701. The van der Waals surface area contributed by atoms with Crippen LogP contribution in [0, 0.1) is 0 Å². The van der Waals surface area contributed by atoms with Gasteiger partial charge in [-0.1, -0.05) is 24.3 Å². The summed E-state index contributed by atoms with van der Waals surface area (Å²) in [7, 11) is 0. The number of nitrogens with one attached hydrogen (secondary N) is 1. The predicted octanol–water partition coefficient (Wildman–Crippen LogP) is 1.82. The van der Waals surface area contributed by atoms with Gasteiger partial charge >= 0.3 is 18.1 Å². The lowest BCUT2D eigenvalue weighted by atomic mass is 10.1. The van der Waals surface area contributed by atoms with Crippen molar-refractivity contribution < 1.29 is 32.3 Å². The van der Waals surface area contributed by atoms with Crippen LogP contribution in [0.5, 0.6) is 0 Å². The fourth-order valence-corrected chi connectivity index (χ4v) is 2.65. The van der Waals surface area contributed by atoms with Crippen molar-refractivity contribution in [2.24, 2.45) is 0 Å². The van der Waals surface area contributed by atoms with Crippen molar-refractivity contribution in [2.75, 3.05) is 39.4 Å². The lowest BCUT2D eigenvalue weighted by Gasteiger charge is -2.32. The van der Waals surface area contributed by atoms with Crippen molar-refractivity contribution in [1.82, 2.24) is 15.1 Å². The van der Waals surface area contributed by atoms with Gasteiger partial charge in [-0.2, -0.15) is 13.2 Å². The van der Waals surface area contributed by atoms with Crippen molar-refractivity contribution in [3.05, 3.63) is 35.4 Å². The number of nitrogens with zero attached hydrogens (tertiary/aromatic N) is 2. The maximum atomic E-state index is 12.5. The molecular formula is C18H22F3N3O4. The van der Waals surface area contributed by atoms with Gasteiger partial charge in [0.05, 0.1) is 19.8 Å². The molecule has 10 heteroatoms. The molecule has 7 nitrogen and oxygen atoms in total. The molecule has 0 radical (unpaired) electrons. The minimum absolute atomic E-state index is 0.0965. The van der Waals surface area contributed by atoms with E-state index in [-0.39, 0.29) is 11.6 Å². The average molecular weight is 401 g/mol. The number of morpholine rings is 1. The molecule has 0 saturated carbocycles. The summed E-state index contributed by atoms with van der Waals surface area (Å²) in [4.78, 5) is 38.6. The number of amides is 3. The SMILES string of the molecule is CCN(Cc1ccc(C(=O)CNC(=O)C(F)(F)F)cc1)C(=O)N1CCOCC1. The fourth-order valence-electron chi connectivity index (χ4n) is 2.65. The van der Waals surface area contributed by atoms with Gasteiger partial charge in [0.2, 0.25) is 0 Å². The molecule has 0 unspecified atom stereocenters. The van der Waals surface area contributed by atoms with Gasteiger partial charge in [-0.3, -0.25) is 9.59 Å². The monoisotopic (exact) mass is 401 g/mol. The normalized spacial score (nSPS) is 14.5. The van der Waals surface area contributed by atoms with Crippen LogP contribution in [0.15, 0.2) is 24.3 Å². The second kappa shape index (κ2) is 9.54. The second-order valence-corrected chi connectivity index (χ2v) is 6.20. The molecule has 0 atom stereocenters. The number of ether oxygens (including phenoxy) is 1. The Morgan fingerprint density at radius 1 is 1.14 bits per heavy atom. The minimum Gasteiger partial charge on any atom is -0.378 e. The topological polar surface area (TPSA) is 79.0 Å². The lowest BCUT2D eigenvalue weighted by Crippen LogP contribution is -2.47. The van der Waals surface area contributed by atoms with Crippen molar-refractivity contribution in [3.63, 3.8) is 0 Å². The maximum absolute atomic E-state index is 12.5. The van der Waals surface area contributed by atoms with Crippen molar-refractivity contribution in [2.45, 2.75) is 19.6 Å². The Kier molecular flexibility index (Phi) is 7.38. The Morgan fingerprint density at radius 2 is 1.75 bits per heavy atom. The van der Waals surface area contributed by atoms with Crippen LogP contribution in [0.3, 0.4) is 0 Å². The standard InChI is InChI=1S/C18H22F3N3O4/c1-2-23(17(27)24-7-9-28-10-8-24)12-13-3-5-14(6-4-13)15(25)11-22-16(26)18(19,20)21/h3-6H,2,7-12H2,1H3,(H,22,26). The predicted molar refractivity (Wildman–Crippen MR) is 93.7 cm³/mol. The molecule has 1 saturated heterocycles. The van der Waals surface area contributed by atoms with Crippen LogP contribution in [-0.2, 0) is 16.1 Å². The molecule has 1 aliphatic heterocycles. The molecule has 1 fully saturated rings. The Balaban J connectivity index is 1.92. The first-order valence-electron chi connectivity index (χ1n) is 8.81. The third kappa shape index (κ3) is 5.95. The first-order chi connectivity index (χ1) is 13.2. The highest BCUT2D eigenvalue weighted by Gasteiger charge is 2.38. The van der Waals surface area contributed by atoms with E-state index in [1.54, 1.807) is 27.2 Å². The van der Waals surface area contributed by atoms with E-state index in [0.29, 0.717) is 39.4 Å². The van der Waals surface area contributed by atoms with Gasteiger partial charge < -0.3 is 19.9 Å². The Hall–Kier alpha value is -2.62. The van der Waals surface area contributed by atoms with Crippen molar-refractivity contribution in [1.29, 1.82) is 0 Å². The van der Waals surface area contributed by atoms with Crippen LogP contribution in [0.2, 0.25) is 0 Å². The highest BCUT2D eigenvalue weighted by Crippen LogP contribution is 2.14. The number of ketones is 1. The average Bonchev–Trinajstić information content (AvgIpc) is 2.69. The van der Waals surface area contributed by atoms with Gasteiger partial charge in [0.25, 0.3) is 0 Å². The van der Waals surface area contributed by atoms with Crippen LogP contribution in [0.4, 0.5) is 18.0 Å². The first kappa shape index (κ1) is 21.7. The van der Waals surface area contributed by atoms with E-state index in [1.807, 2.05) is 6.92 Å². The zero-order valence-electron chi connectivity index (χ0n) is 15.4. The molecular weight excluding hydrogens is 379 g/mol. The minimum atomic E-state index is -5.03. The van der Waals surface area contributed by atoms with Crippen molar-refractivity contribution >= 4 is 17.7 Å². The zero-order chi connectivity index (χ0) is 20.7. The summed E-state index contributed by atoms with van der Waals surface area (Å²) in [6.45, 7) is 4.04. The molecule has 3 amide bonds. The van der Waals surface area contributed by atoms with E-state index in [9.17, 15) is 27.6 Å². The molecule has 1 aromatic carbocycles. The number of Topliss-reactive ketones (excluding diaryl/α,β-unsaturated/α-hetero) is 1. The highest BCUT2D eigenvalue weighted by atomic mass is 19.4. The van der Waals surface area contributed by atoms with Crippen LogP contribution in [0.25, 0.3) is 0 Å². The largest absolute Gasteiger partial charge is 0.471 e. The summed E-state index contributed by atoms with van der Waals surface area (Å²) in [5.74, 6) is -2.79. The Labute approximate surface area is 160 Å². The summed E-state index contributed by atoms with van der Waals surface area (Å²) in [5, 5.41) is 1.55. The molecule has 0 aliphatic carbocycles. The van der Waals surface area contributed by atoms with E-state index in [4.69, 9.17) is 4.74 Å². The van der Waals surface area contributed by atoms with E-state index in [0.717, 1.165) is 5.56 Å². The quantitative estimate of drug-likeness (QED) is 0.738. The van der Waals surface area contributed by atoms with Crippen LogP contribution in [0.1, 0.15) is 22.8 Å². The molecule has 0 aromatic heterocycles. The molecule has 0 spiro atoms. The summed E-state index contributed by atoms with van der Waals surface area (Å²) in [6.07, 6.45) is -5.03. The van der Waals surface area contributed by atoms with Gasteiger partial charge in [-0.15, -0.1) is 0 Å². The molecule has 1 heterocycles. The smallest absolute Gasteiger partial charge is 0.378 e. The van der Waals surface area contributed by atoms with E-state index in [2.05, 4.69) is 0 Å². The number of urea groups is 1. The Morgan fingerprint density at radius 3 is 2.29 bits per heavy atom. The van der Waals surface area contributed by atoms with Gasteiger partial charge in [-0.05, 0) is 12.5 Å². The number of carbonyl (C=O) groups excluding carboxylic acids is 3. The summed E-state index contributed by atoms with van der Waals surface area (Å²) >= 11 is 0. The van der Waals surface area contributed by atoms with Crippen molar-refractivity contribution in [3.8, 4) is 0 Å². The van der Waals surface area contributed by atoms with E-state index < -0.39 is 24.4 Å². The first-order valence-corrected chi connectivity index (χ1v) is 8.81. The molecule has 28 heavy (non-hydrogen) atoms. The molecule has 2 rings (SSSR count). The molecule has 1 aliphatic rings. The number of benzene rings is 1. The molecule has 0 bridgehead atoms. The third-order valence-corrected chi connectivity index (χ3v) is 4.25. The van der Waals surface area contributed by atoms with Crippen LogP contribution in [-0.4, -0.2) is 73.1 Å². The summed E-state index contributed by atoms with van der Waals surface area (Å²) in [5.41, 5.74) is 0.952. The van der Waals surface area contributed by atoms with Gasteiger partial charge in [0, 0.05) is 31.7 Å². The summed E-state index contributed by atoms with van der Waals surface area (Å²) < 4.78 is 41.7. The van der Waals surface area contributed by atoms with E-state index >= 15 is 0 Å². The van der Waals surface area contributed by atoms with E-state index in [1.165, 1.54) is 12.1 Å². The third-order valence-electron chi connectivity index (χ3n) is 4.25. The lowest BCUT2D eigenvalue weighted by molar-refractivity contribution is -0.173. The number of alkyl halides is 3. The van der Waals surface area contributed by atoms with Crippen LogP contribution >= 0.6 is 0 Å². The van der Waals surface area contributed by atoms with Gasteiger partial charge in [-0.25, -0.2) is 4.79 Å². The number of halogens is 3. The number of rotatable bonds is 6. The maximum Gasteiger partial charge on any atom is 0.471 e. The number of carbonyl (C=O) groups is 3. The summed E-state index contributed by atoms with van der Waals surface area (Å²) in [6, 6.07) is 6.10. The number of hydrogen-bond donors (Lipinski definition) is 1. The molecule has 1 N–H and O–H groups in total. The second-order valence-electron chi connectivity index (χ2n) is 6.20. The zero-order valence-corrected chi connectivity index (χ0v) is 15.4. The molecule has 154 valence electrons. The fraction of sp³-hybridized carbons (Fsp3) is 0.500.